The van der Waals surface area contributed by atoms with Crippen LogP contribution >= 0.6 is 0 Å². The van der Waals surface area contributed by atoms with Crippen molar-refractivity contribution in [3.8, 4) is 0 Å². The van der Waals surface area contributed by atoms with Gasteiger partial charge in [0.1, 0.15) is 0 Å². The highest BCUT2D eigenvalue weighted by Crippen LogP contribution is 2.29. The number of carbonyl (C=O) groups is 1. The van der Waals surface area contributed by atoms with Gasteiger partial charge in [0, 0.05) is 32.8 Å². The fourth-order valence-corrected chi connectivity index (χ4v) is 3.51. The Labute approximate surface area is 133 Å². The molecule has 5 heteroatoms. The Morgan fingerprint density at radius 1 is 1.09 bits per heavy atom. The lowest BCUT2D eigenvalue weighted by Crippen LogP contribution is -2.50. The second-order valence-electron chi connectivity index (χ2n) is 7.19. The van der Waals surface area contributed by atoms with Crippen LogP contribution in [0.5, 0.6) is 0 Å². The molecule has 2 heterocycles. The van der Waals surface area contributed by atoms with Crippen LogP contribution in [0.4, 0.5) is 0 Å². The van der Waals surface area contributed by atoms with Crippen molar-refractivity contribution >= 4 is 5.91 Å². The minimum Gasteiger partial charge on any atom is -0.378 e. The third-order valence-corrected chi connectivity index (χ3v) is 4.95. The number of ether oxygens (including phenoxy) is 2. The van der Waals surface area contributed by atoms with Gasteiger partial charge in [-0.15, -0.1) is 0 Å². The zero-order chi connectivity index (χ0) is 15.4. The second kappa shape index (κ2) is 7.75. The lowest BCUT2D eigenvalue weighted by Gasteiger charge is -2.35. The van der Waals surface area contributed by atoms with Crippen LogP contribution in [-0.4, -0.2) is 74.4 Å². The molecule has 0 N–H and O–H groups in total. The number of morpholine rings is 1. The highest BCUT2D eigenvalue weighted by Gasteiger charge is 2.29. The van der Waals surface area contributed by atoms with Gasteiger partial charge in [0.2, 0.25) is 5.91 Å². The molecule has 0 aromatic heterocycles. The van der Waals surface area contributed by atoms with Gasteiger partial charge < -0.3 is 19.3 Å². The highest BCUT2D eigenvalue weighted by molar-refractivity contribution is 5.76. The molecule has 0 bridgehead atoms. The van der Waals surface area contributed by atoms with E-state index in [1.807, 2.05) is 4.90 Å². The predicted octanol–water partition coefficient (Wildman–Crippen LogP) is 1.51. The molecule has 2 aliphatic heterocycles. The molecule has 126 valence electrons. The molecule has 0 spiro atoms. The summed E-state index contributed by atoms with van der Waals surface area (Å²) in [7, 11) is 2.16. The van der Waals surface area contributed by atoms with Gasteiger partial charge in [-0.25, -0.2) is 0 Å². The van der Waals surface area contributed by atoms with Crippen LogP contribution in [-0.2, 0) is 14.3 Å². The van der Waals surface area contributed by atoms with E-state index in [1.165, 1.54) is 25.8 Å². The largest absolute Gasteiger partial charge is 0.378 e. The van der Waals surface area contributed by atoms with E-state index in [-0.39, 0.29) is 18.1 Å². The molecule has 0 aromatic rings. The molecule has 0 radical (unpaired) electrons. The van der Waals surface area contributed by atoms with Gasteiger partial charge >= 0.3 is 0 Å². The lowest BCUT2D eigenvalue weighted by molar-refractivity contribution is -0.143. The van der Waals surface area contributed by atoms with E-state index in [0.717, 1.165) is 45.0 Å². The average Bonchev–Trinajstić information content (AvgIpc) is 3.32. The summed E-state index contributed by atoms with van der Waals surface area (Å²) in [6, 6.07) is 0. The fourth-order valence-electron chi connectivity index (χ4n) is 3.51. The molecule has 22 heavy (non-hydrogen) atoms. The zero-order valence-corrected chi connectivity index (χ0v) is 13.8. The van der Waals surface area contributed by atoms with Crippen LogP contribution in [0.2, 0.25) is 0 Å². The van der Waals surface area contributed by atoms with Crippen molar-refractivity contribution in [2.24, 2.45) is 5.92 Å². The number of rotatable bonds is 6. The fraction of sp³-hybridized carbons (Fsp3) is 0.941. The quantitative estimate of drug-likeness (QED) is 0.746. The zero-order valence-electron chi connectivity index (χ0n) is 13.8. The van der Waals surface area contributed by atoms with Crippen molar-refractivity contribution in [3.63, 3.8) is 0 Å². The summed E-state index contributed by atoms with van der Waals surface area (Å²) in [6.45, 7) is 5.05. The van der Waals surface area contributed by atoms with Crippen molar-refractivity contribution in [1.29, 1.82) is 0 Å². The molecular weight excluding hydrogens is 280 g/mol. The molecule has 2 atom stereocenters. The van der Waals surface area contributed by atoms with Gasteiger partial charge in [-0.3, -0.25) is 4.79 Å². The second-order valence-corrected chi connectivity index (χ2v) is 7.19. The maximum atomic E-state index is 12.5. The van der Waals surface area contributed by atoms with Crippen molar-refractivity contribution < 1.29 is 14.3 Å². The molecule has 3 rings (SSSR count). The molecule has 1 amide bonds. The first-order chi connectivity index (χ1) is 10.7. The SMILES string of the molecule is CN(CC1CC1)C[C@@H]1CN(C(=O)C[C@@H]2CCCCO2)CCO1. The van der Waals surface area contributed by atoms with Crippen LogP contribution in [0, 0.1) is 5.92 Å². The van der Waals surface area contributed by atoms with Gasteiger partial charge in [-0.2, -0.15) is 0 Å². The van der Waals surface area contributed by atoms with E-state index in [0.29, 0.717) is 13.0 Å². The number of likely N-dealkylation sites (N-methyl/N-ethyl adjacent to an activating group) is 1. The van der Waals surface area contributed by atoms with Crippen molar-refractivity contribution in [3.05, 3.63) is 0 Å². The normalized spacial score (nSPS) is 29.8. The Kier molecular flexibility index (Phi) is 5.71. The monoisotopic (exact) mass is 310 g/mol. The van der Waals surface area contributed by atoms with Crippen molar-refractivity contribution in [2.45, 2.75) is 50.7 Å². The van der Waals surface area contributed by atoms with E-state index >= 15 is 0 Å². The first kappa shape index (κ1) is 16.2. The van der Waals surface area contributed by atoms with Crippen LogP contribution in [0.15, 0.2) is 0 Å². The Morgan fingerprint density at radius 3 is 2.64 bits per heavy atom. The third kappa shape index (κ3) is 4.93. The Bertz CT molecular complexity index is 367. The van der Waals surface area contributed by atoms with Crippen LogP contribution in [0.3, 0.4) is 0 Å². The summed E-state index contributed by atoms with van der Waals surface area (Å²) in [5.41, 5.74) is 0. The summed E-state index contributed by atoms with van der Waals surface area (Å²) in [5, 5.41) is 0. The molecule has 3 fully saturated rings. The molecule has 1 saturated carbocycles. The van der Waals surface area contributed by atoms with Crippen LogP contribution in [0.1, 0.15) is 38.5 Å². The number of hydrogen-bond acceptors (Lipinski definition) is 4. The first-order valence-corrected chi connectivity index (χ1v) is 8.90. The molecule has 5 nitrogen and oxygen atoms in total. The Balaban J connectivity index is 1.41. The van der Waals surface area contributed by atoms with Crippen molar-refractivity contribution in [1.82, 2.24) is 9.80 Å². The van der Waals surface area contributed by atoms with Gasteiger partial charge in [-0.05, 0) is 45.1 Å². The smallest absolute Gasteiger partial charge is 0.225 e. The Hall–Kier alpha value is -0.650. The maximum Gasteiger partial charge on any atom is 0.225 e. The topological polar surface area (TPSA) is 42.0 Å². The average molecular weight is 310 g/mol. The minimum atomic E-state index is 0.139. The molecule has 3 aliphatic rings. The number of carbonyl (C=O) groups excluding carboxylic acids is 1. The van der Waals surface area contributed by atoms with E-state index in [9.17, 15) is 4.79 Å². The summed E-state index contributed by atoms with van der Waals surface area (Å²) < 4.78 is 11.5. The number of hydrogen-bond donors (Lipinski definition) is 0. The molecule has 0 unspecified atom stereocenters. The van der Waals surface area contributed by atoms with Gasteiger partial charge in [0.05, 0.1) is 25.2 Å². The van der Waals surface area contributed by atoms with E-state index < -0.39 is 0 Å². The van der Waals surface area contributed by atoms with E-state index in [1.54, 1.807) is 0 Å². The molecule has 2 saturated heterocycles. The highest BCUT2D eigenvalue weighted by atomic mass is 16.5. The van der Waals surface area contributed by atoms with E-state index in [2.05, 4.69) is 11.9 Å². The summed E-state index contributed by atoms with van der Waals surface area (Å²) in [6.07, 6.45) is 6.96. The lowest BCUT2D eigenvalue weighted by atomic mass is 10.1. The number of nitrogens with zero attached hydrogens (tertiary/aromatic N) is 2. The van der Waals surface area contributed by atoms with E-state index in [4.69, 9.17) is 9.47 Å². The molecular formula is C17H30N2O3. The Morgan fingerprint density at radius 2 is 1.91 bits per heavy atom. The summed E-state index contributed by atoms with van der Waals surface area (Å²) in [4.78, 5) is 16.8. The predicted molar refractivity (Wildman–Crippen MR) is 84.7 cm³/mol. The van der Waals surface area contributed by atoms with Gasteiger partial charge in [0.25, 0.3) is 0 Å². The van der Waals surface area contributed by atoms with Crippen LogP contribution in [0.25, 0.3) is 0 Å². The first-order valence-electron chi connectivity index (χ1n) is 8.90. The van der Waals surface area contributed by atoms with Gasteiger partial charge in [0.15, 0.2) is 0 Å². The maximum absolute atomic E-state index is 12.5. The van der Waals surface area contributed by atoms with Crippen LogP contribution < -0.4 is 0 Å². The molecule has 0 aromatic carbocycles. The van der Waals surface area contributed by atoms with Crippen molar-refractivity contribution in [2.75, 3.05) is 46.4 Å². The minimum absolute atomic E-state index is 0.139. The standard InChI is InChI=1S/C17H30N2O3/c1-18(11-14-5-6-14)12-16-13-19(7-9-22-16)17(20)10-15-4-2-3-8-21-15/h14-16H,2-13H2,1H3/t15-,16+/m0/s1. The number of amides is 1. The summed E-state index contributed by atoms with van der Waals surface area (Å²) in [5.74, 6) is 1.14. The summed E-state index contributed by atoms with van der Waals surface area (Å²) >= 11 is 0. The molecule has 1 aliphatic carbocycles. The van der Waals surface area contributed by atoms with Gasteiger partial charge in [-0.1, -0.05) is 0 Å². The third-order valence-electron chi connectivity index (χ3n) is 4.95.